The van der Waals surface area contributed by atoms with E-state index >= 15 is 4.39 Å². The third-order valence-electron chi connectivity index (χ3n) is 4.91. The van der Waals surface area contributed by atoms with E-state index in [1.54, 1.807) is 54.6 Å². The average molecular weight is 481 g/mol. The second kappa shape index (κ2) is 9.76. The van der Waals surface area contributed by atoms with Crippen LogP contribution in [0, 0.1) is 5.82 Å². The van der Waals surface area contributed by atoms with Gasteiger partial charge in [-0.15, -0.1) is 0 Å². The molecule has 0 amide bonds. The van der Waals surface area contributed by atoms with E-state index in [2.05, 4.69) is 5.10 Å². The van der Waals surface area contributed by atoms with Gasteiger partial charge in [0.15, 0.2) is 5.69 Å². The van der Waals surface area contributed by atoms with Gasteiger partial charge in [0.1, 0.15) is 28.6 Å². The van der Waals surface area contributed by atoms with Crippen LogP contribution in [0.4, 0.5) is 4.39 Å². The molecule has 0 spiro atoms. The topological polar surface area (TPSA) is 79.7 Å². The molecule has 0 radical (unpaired) electrons. The summed E-state index contributed by atoms with van der Waals surface area (Å²) in [5.41, 5.74) is -0.285. The molecule has 0 aliphatic heterocycles. The molecule has 0 aliphatic rings. The zero-order valence-corrected chi connectivity index (χ0v) is 18.9. The average Bonchev–Trinajstić information content (AvgIpc) is 3.25. The van der Waals surface area contributed by atoms with E-state index < -0.39 is 17.8 Å². The SMILES string of the molecule is COC(=O)c1c(-c2c(F)cccc2Oc2ccc(Cl)cc2)nn(-c2ccccc2)c1C(=O)OC. The number of rotatable bonds is 6. The maximum absolute atomic E-state index is 15.3. The molecule has 4 rings (SSSR count). The number of hydrogen-bond acceptors (Lipinski definition) is 6. The van der Waals surface area contributed by atoms with Crippen LogP contribution < -0.4 is 4.74 Å². The van der Waals surface area contributed by atoms with E-state index in [1.807, 2.05) is 0 Å². The highest BCUT2D eigenvalue weighted by molar-refractivity contribution is 6.30. The molecule has 34 heavy (non-hydrogen) atoms. The lowest BCUT2D eigenvalue weighted by Gasteiger charge is -2.12. The maximum Gasteiger partial charge on any atom is 0.357 e. The molecule has 0 N–H and O–H groups in total. The summed E-state index contributed by atoms with van der Waals surface area (Å²) in [5.74, 6) is -2.00. The highest BCUT2D eigenvalue weighted by atomic mass is 35.5. The molecule has 172 valence electrons. The van der Waals surface area contributed by atoms with E-state index in [0.717, 1.165) is 7.11 Å². The van der Waals surface area contributed by atoms with Gasteiger partial charge in [-0.25, -0.2) is 18.7 Å². The normalized spacial score (nSPS) is 10.6. The number of hydrogen-bond donors (Lipinski definition) is 0. The van der Waals surface area contributed by atoms with Crippen LogP contribution in [-0.4, -0.2) is 35.9 Å². The van der Waals surface area contributed by atoms with Gasteiger partial charge in [0.2, 0.25) is 0 Å². The van der Waals surface area contributed by atoms with Crippen molar-refractivity contribution in [3.63, 3.8) is 0 Å². The Labute approximate surface area is 199 Å². The van der Waals surface area contributed by atoms with Crippen LogP contribution >= 0.6 is 11.6 Å². The summed E-state index contributed by atoms with van der Waals surface area (Å²) in [6.07, 6.45) is 0. The smallest absolute Gasteiger partial charge is 0.357 e. The number of carbonyl (C=O) groups is 2. The molecule has 0 aliphatic carbocycles. The highest BCUT2D eigenvalue weighted by Gasteiger charge is 2.33. The predicted octanol–water partition coefficient (Wildman–Crippen LogP) is 5.70. The van der Waals surface area contributed by atoms with E-state index in [9.17, 15) is 9.59 Å². The standard InChI is InChI=1S/C25H18ClFN2O5/c1-32-24(30)21-22(28-29(23(21)25(31)33-2)16-7-4-3-5-8-16)20-18(27)9-6-10-19(20)34-17-13-11-15(26)12-14-17/h3-14H,1-2H3. The number of aromatic nitrogens is 2. The number of methoxy groups -OCH3 is 2. The Morgan fingerprint density at radius 1 is 0.882 bits per heavy atom. The van der Waals surface area contributed by atoms with Gasteiger partial charge >= 0.3 is 11.9 Å². The summed E-state index contributed by atoms with van der Waals surface area (Å²) in [6.45, 7) is 0. The molecule has 4 aromatic rings. The van der Waals surface area contributed by atoms with Crippen LogP contribution in [0.1, 0.15) is 20.8 Å². The number of benzene rings is 3. The van der Waals surface area contributed by atoms with Crippen molar-refractivity contribution in [1.82, 2.24) is 9.78 Å². The van der Waals surface area contributed by atoms with E-state index in [-0.39, 0.29) is 28.3 Å². The van der Waals surface area contributed by atoms with E-state index in [1.165, 1.54) is 30.0 Å². The van der Waals surface area contributed by atoms with E-state index in [0.29, 0.717) is 16.5 Å². The lowest BCUT2D eigenvalue weighted by molar-refractivity contribution is 0.0549. The fraction of sp³-hybridized carbons (Fsp3) is 0.0800. The van der Waals surface area contributed by atoms with Crippen LogP contribution in [0.2, 0.25) is 5.02 Å². The minimum absolute atomic E-state index is 0.0709. The van der Waals surface area contributed by atoms with Crippen molar-refractivity contribution in [1.29, 1.82) is 0 Å². The van der Waals surface area contributed by atoms with Gasteiger partial charge < -0.3 is 14.2 Å². The molecule has 3 aromatic carbocycles. The second-order valence-electron chi connectivity index (χ2n) is 6.97. The van der Waals surface area contributed by atoms with Gasteiger partial charge in [-0.3, -0.25) is 0 Å². The molecule has 0 unspecified atom stereocenters. The Morgan fingerprint density at radius 2 is 1.56 bits per heavy atom. The first-order valence-electron chi connectivity index (χ1n) is 10.0. The molecule has 0 saturated heterocycles. The highest BCUT2D eigenvalue weighted by Crippen LogP contribution is 2.39. The van der Waals surface area contributed by atoms with E-state index in [4.69, 9.17) is 25.8 Å². The minimum atomic E-state index is -0.890. The zero-order valence-electron chi connectivity index (χ0n) is 18.1. The van der Waals surface area contributed by atoms with Gasteiger partial charge in [0.25, 0.3) is 0 Å². The van der Waals surface area contributed by atoms with Gasteiger partial charge in [-0.2, -0.15) is 5.10 Å². The number of carbonyl (C=O) groups excluding carboxylic acids is 2. The van der Waals surface area contributed by atoms with Crippen LogP contribution in [0.3, 0.4) is 0 Å². The molecule has 9 heteroatoms. The first kappa shape index (κ1) is 23.0. The van der Waals surface area contributed by atoms with Crippen molar-refractivity contribution in [2.75, 3.05) is 14.2 Å². The molecule has 0 bridgehead atoms. The second-order valence-corrected chi connectivity index (χ2v) is 7.41. The Balaban J connectivity index is 2.00. The third kappa shape index (κ3) is 4.35. The Kier molecular flexibility index (Phi) is 6.60. The fourth-order valence-corrected chi connectivity index (χ4v) is 3.50. The number of para-hydroxylation sites is 1. The molecule has 1 heterocycles. The third-order valence-corrected chi connectivity index (χ3v) is 5.16. The summed E-state index contributed by atoms with van der Waals surface area (Å²) >= 11 is 5.94. The van der Waals surface area contributed by atoms with Crippen molar-refractivity contribution in [2.24, 2.45) is 0 Å². The van der Waals surface area contributed by atoms with Gasteiger partial charge in [0, 0.05) is 5.02 Å². The lowest BCUT2D eigenvalue weighted by Crippen LogP contribution is -2.15. The minimum Gasteiger partial charge on any atom is -0.465 e. The van der Waals surface area contributed by atoms with Crippen LogP contribution in [0.15, 0.2) is 72.8 Å². The van der Waals surface area contributed by atoms with Crippen LogP contribution in [-0.2, 0) is 9.47 Å². The van der Waals surface area contributed by atoms with Crippen molar-refractivity contribution < 1.29 is 28.2 Å². The monoisotopic (exact) mass is 480 g/mol. The first-order valence-corrected chi connectivity index (χ1v) is 10.4. The lowest BCUT2D eigenvalue weighted by atomic mass is 10.0. The Hall–Kier alpha value is -4.17. The summed E-state index contributed by atoms with van der Waals surface area (Å²) < 4.78 is 32.2. The van der Waals surface area contributed by atoms with Crippen LogP contribution in [0.5, 0.6) is 11.5 Å². The van der Waals surface area contributed by atoms with Crippen molar-refractivity contribution >= 4 is 23.5 Å². The molecule has 0 atom stereocenters. The van der Waals surface area contributed by atoms with Crippen molar-refractivity contribution in [3.05, 3.63) is 94.9 Å². The zero-order chi connectivity index (χ0) is 24.2. The Morgan fingerprint density at radius 3 is 2.21 bits per heavy atom. The van der Waals surface area contributed by atoms with Gasteiger partial charge in [-0.1, -0.05) is 35.9 Å². The fourth-order valence-electron chi connectivity index (χ4n) is 3.38. The summed E-state index contributed by atoms with van der Waals surface area (Å²) in [4.78, 5) is 25.6. The summed E-state index contributed by atoms with van der Waals surface area (Å²) in [7, 11) is 2.32. The molecule has 1 aromatic heterocycles. The van der Waals surface area contributed by atoms with Gasteiger partial charge in [-0.05, 0) is 48.5 Å². The first-order chi connectivity index (χ1) is 16.4. The predicted molar refractivity (Wildman–Crippen MR) is 123 cm³/mol. The van der Waals surface area contributed by atoms with Crippen molar-refractivity contribution in [3.8, 4) is 28.4 Å². The molecule has 7 nitrogen and oxygen atoms in total. The number of ether oxygens (including phenoxy) is 3. The molecule has 0 saturated carbocycles. The largest absolute Gasteiger partial charge is 0.465 e. The van der Waals surface area contributed by atoms with Crippen molar-refractivity contribution in [2.45, 2.75) is 0 Å². The van der Waals surface area contributed by atoms with Crippen LogP contribution in [0.25, 0.3) is 16.9 Å². The number of halogens is 2. The maximum atomic E-state index is 15.3. The summed E-state index contributed by atoms with van der Waals surface area (Å²) in [5, 5.41) is 4.94. The number of esters is 2. The Bertz CT molecular complexity index is 1350. The molecular formula is C25H18ClFN2O5. The number of nitrogens with zero attached hydrogens (tertiary/aromatic N) is 2. The summed E-state index contributed by atoms with van der Waals surface area (Å²) in [6, 6.07) is 19.2. The molecule has 0 fully saturated rings. The quantitative estimate of drug-likeness (QED) is 0.329. The molecular weight excluding hydrogens is 463 g/mol. The van der Waals surface area contributed by atoms with Gasteiger partial charge in [0.05, 0.1) is 25.5 Å².